The molecule has 0 atom stereocenters. The molecule has 4 heteroatoms. The number of H-pyrrole nitrogens is 1. The van der Waals surface area contributed by atoms with E-state index in [1.807, 2.05) is 0 Å². The maximum absolute atomic E-state index is 5.07. The van der Waals surface area contributed by atoms with Crippen molar-refractivity contribution in [2.24, 2.45) is 0 Å². The molecule has 0 amide bonds. The minimum absolute atomic E-state index is 0.733. The van der Waals surface area contributed by atoms with Gasteiger partial charge in [-0.05, 0) is 30.6 Å². The Bertz CT molecular complexity index is 569. The molecule has 0 aliphatic rings. The number of nitrogens with zero attached hydrogens (tertiary/aromatic N) is 1. The van der Waals surface area contributed by atoms with Gasteiger partial charge in [-0.15, -0.1) is 0 Å². The number of hydrogen-bond acceptors (Lipinski definition) is 3. The van der Waals surface area contributed by atoms with E-state index in [4.69, 9.17) is 12.2 Å². The van der Waals surface area contributed by atoms with Crippen LogP contribution in [0.25, 0.3) is 10.6 Å². The molecule has 114 valence electrons. The summed E-state index contributed by atoms with van der Waals surface area (Å²) in [6.45, 7) is 2.27. The second-order valence-corrected chi connectivity index (χ2v) is 7.15. The monoisotopic (exact) mass is 320 g/mol. The van der Waals surface area contributed by atoms with Crippen LogP contribution in [0.4, 0.5) is 0 Å². The van der Waals surface area contributed by atoms with Crippen molar-refractivity contribution >= 4 is 23.6 Å². The van der Waals surface area contributed by atoms with E-state index >= 15 is 0 Å². The van der Waals surface area contributed by atoms with Crippen LogP contribution in [0, 0.1) is 3.95 Å². The van der Waals surface area contributed by atoms with Crippen molar-refractivity contribution < 1.29 is 0 Å². The molecule has 0 fully saturated rings. The first kappa shape index (κ1) is 16.4. The lowest BCUT2D eigenvalue weighted by atomic mass is 10.0. The van der Waals surface area contributed by atoms with Gasteiger partial charge in [-0.2, -0.15) is 5.10 Å². The second-order valence-electron chi connectivity index (χ2n) is 5.49. The van der Waals surface area contributed by atoms with Gasteiger partial charge >= 0.3 is 0 Å². The summed E-state index contributed by atoms with van der Waals surface area (Å²) in [6.07, 6.45) is 10.7. The molecule has 0 saturated carbocycles. The Kier molecular flexibility index (Phi) is 7.10. The Morgan fingerprint density at radius 3 is 2.29 bits per heavy atom. The van der Waals surface area contributed by atoms with Gasteiger partial charge in [0.1, 0.15) is 5.01 Å². The van der Waals surface area contributed by atoms with E-state index in [2.05, 4.69) is 41.4 Å². The van der Waals surface area contributed by atoms with Gasteiger partial charge in [-0.3, -0.25) is 5.10 Å². The number of aromatic nitrogens is 2. The first-order valence-corrected chi connectivity index (χ1v) is 9.17. The first-order chi connectivity index (χ1) is 10.3. The third-order valence-electron chi connectivity index (χ3n) is 3.71. The zero-order chi connectivity index (χ0) is 14.9. The zero-order valence-corrected chi connectivity index (χ0v) is 14.4. The van der Waals surface area contributed by atoms with E-state index in [1.165, 1.54) is 68.3 Å². The van der Waals surface area contributed by atoms with Crippen LogP contribution in [-0.4, -0.2) is 10.2 Å². The largest absolute Gasteiger partial charge is 0.258 e. The van der Waals surface area contributed by atoms with Gasteiger partial charge in [0.05, 0.1) is 0 Å². The molecule has 0 aliphatic carbocycles. The van der Waals surface area contributed by atoms with Crippen molar-refractivity contribution in [3.05, 3.63) is 33.8 Å². The van der Waals surface area contributed by atoms with Crippen LogP contribution in [0.2, 0.25) is 0 Å². The third-order valence-corrected chi connectivity index (χ3v) is 4.85. The van der Waals surface area contributed by atoms with Crippen molar-refractivity contribution in [3.63, 3.8) is 0 Å². The standard InChI is InChI=1S/C17H24N2S2/c1-2-3-4-5-6-7-8-9-14-10-12-15(13-11-14)16-18-19-17(20)21-16/h10-13H,2-9H2,1H3,(H,19,20). The quantitative estimate of drug-likeness (QED) is 0.442. The maximum Gasteiger partial charge on any atom is 0.176 e. The molecule has 2 nitrogen and oxygen atoms in total. The fourth-order valence-electron chi connectivity index (χ4n) is 2.45. The van der Waals surface area contributed by atoms with Crippen molar-refractivity contribution in [2.75, 3.05) is 0 Å². The van der Waals surface area contributed by atoms with Crippen molar-refractivity contribution in [1.82, 2.24) is 10.2 Å². The average Bonchev–Trinajstić information content (AvgIpc) is 2.93. The summed E-state index contributed by atoms with van der Waals surface area (Å²) >= 11 is 6.59. The highest BCUT2D eigenvalue weighted by molar-refractivity contribution is 7.73. The summed E-state index contributed by atoms with van der Waals surface area (Å²) in [4.78, 5) is 0. The molecule has 1 aromatic carbocycles. The van der Waals surface area contributed by atoms with Crippen molar-refractivity contribution in [2.45, 2.75) is 58.3 Å². The Labute approximate surface area is 136 Å². The minimum atomic E-state index is 0.733. The van der Waals surface area contributed by atoms with E-state index in [-0.39, 0.29) is 0 Å². The van der Waals surface area contributed by atoms with Gasteiger partial charge in [0.2, 0.25) is 0 Å². The fourth-order valence-corrected chi connectivity index (χ4v) is 3.35. The van der Waals surface area contributed by atoms with Gasteiger partial charge < -0.3 is 0 Å². The van der Waals surface area contributed by atoms with Crippen LogP contribution in [-0.2, 0) is 6.42 Å². The van der Waals surface area contributed by atoms with Crippen LogP contribution < -0.4 is 0 Å². The number of aryl methyl sites for hydroxylation is 1. The van der Waals surface area contributed by atoms with Gasteiger partial charge in [0, 0.05) is 5.56 Å². The fraction of sp³-hybridized carbons (Fsp3) is 0.529. The number of nitrogens with one attached hydrogen (secondary N) is 1. The molecule has 2 rings (SSSR count). The van der Waals surface area contributed by atoms with Crippen molar-refractivity contribution in [3.8, 4) is 10.6 Å². The summed E-state index contributed by atoms with van der Waals surface area (Å²) in [7, 11) is 0. The maximum atomic E-state index is 5.07. The highest BCUT2D eigenvalue weighted by Crippen LogP contribution is 2.22. The summed E-state index contributed by atoms with van der Waals surface area (Å²) in [5, 5.41) is 8.02. The average molecular weight is 321 g/mol. The van der Waals surface area contributed by atoms with Crippen LogP contribution in [0.3, 0.4) is 0 Å². The van der Waals surface area contributed by atoms with E-state index < -0.39 is 0 Å². The summed E-state index contributed by atoms with van der Waals surface area (Å²) in [5.74, 6) is 0. The predicted octanol–water partition coefficient (Wildman–Crippen LogP) is 6.16. The van der Waals surface area contributed by atoms with Gasteiger partial charge in [-0.1, -0.05) is 81.1 Å². The number of unbranched alkanes of at least 4 members (excludes halogenated alkanes) is 6. The van der Waals surface area contributed by atoms with Crippen LogP contribution in [0.1, 0.15) is 57.4 Å². The number of hydrogen-bond donors (Lipinski definition) is 1. The second kappa shape index (κ2) is 9.11. The van der Waals surface area contributed by atoms with Crippen molar-refractivity contribution in [1.29, 1.82) is 0 Å². The molecule has 0 bridgehead atoms. The Morgan fingerprint density at radius 2 is 1.67 bits per heavy atom. The van der Waals surface area contributed by atoms with Crippen LogP contribution in [0.5, 0.6) is 0 Å². The molecular formula is C17H24N2S2. The SMILES string of the molecule is CCCCCCCCCc1ccc(-c2n[nH]c(=S)s2)cc1. The molecule has 1 N–H and O–H groups in total. The molecule has 0 aliphatic heterocycles. The topological polar surface area (TPSA) is 28.7 Å². The van der Waals surface area contributed by atoms with Crippen LogP contribution in [0.15, 0.2) is 24.3 Å². The lowest BCUT2D eigenvalue weighted by Gasteiger charge is -2.03. The molecule has 0 spiro atoms. The third kappa shape index (κ3) is 5.71. The number of aromatic amines is 1. The number of rotatable bonds is 9. The van der Waals surface area contributed by atoms with Gasteiger partial charge in [-0.25, -0.2) is 0 Å². The first-order valence-electron chi connectivity index (χ1n) is 7.94. The molecule has 1 heterocycles. The Hall–Kier alpha value is -1.00. The van der Waals surface area contributed by atoms with E-state index in [9.17, 15) is 0 Å². The van der Waals surface area contributed by atoms with Gasteiger partial charge in [0.15, 0.2) is 3.95 Å². The molecule has 1 aromatic heterocycles. The highest BCUT2D eigenvalue weighted by atomic mass is 32.1. The normalized spacial score (nSPS) is 10.9. The highest BCUT2D eigenvalue weighted by Gasteiger charge is 2.02. The van der Waals surface area contributed by atoms with E-state index in [1.54, 1.807) is 0 Å². The zero-order valence-electron chi connectivity index (χ0n) is 12.7. The Balaban J connectivity index is 1.71. The van der Waals surface area contributed by atoms with Gasteiger partial charge in [0.25, 0.3) is 0 Å². The molecular weight excluding hydrogens is 296 g/mol. The lowest BCUT2D eigenvalue weighted by Crippen LogP contribution is -1.87. The molecule has 0 radical (unpaired) electrons. The Morgan fingerprint density at radius 1 is 1.00 bits per heavy atom. The van der Waals surface area contributed by atoms with E-state index in [0.29, 0.717) is 0 Å². The summed E-state index contributed by atoms with van der Waals surface area (Å²) in [6, 6.07) is 8.74. The molecule has 0 saturated heterocycles. The van der Waals surface area contributed by atoms with Crippen LogP contribution >= 0.6 is 23.6 Å². The minimum Gasteiger partial charge on any atom is -0.258 e. The predicted molar refractivity (Wildman–Crippen MR) is 94.4 cm³/mol. The number of benzene rings is 1. The summed E-state index contributed by atoms with van der Waals surface area (Å²) in [5.41, 5.74) is 2.57. The molecule has 2 aromatic rings. The summed E-state index contributed by atoms with van der Waals surface area (Å²) < 4.78 is 0.733. The lowest BCUT2D eigenvalue weighted by molar-refractivity contribution is 0.589. The molecule has 0 unspecified atom stereocenters. The van der Waals surface area contributed by atoms with E-state index in [0.717, 1.165) is 14.5 Å². The molecule has 21 heavy (non-hydrogen) atoms. The smallest absolute Gasteiger partial charge is 0.176 e.